The van der Waals surface area contributed by atoms with Crippen LogP contribution in [0.4, 0.5) is 0 Å². The molecule has 1 aromatic rings. The maximum absolute atomic E-state index is 6.39. The third-order valence-electron chi connectivity index (χ3n) is 5.47. The van der Waals surface area contributed by atoms with Crippen molar-refractivity contribution >= 4 is 12.9 Å². The van der Waals surface area contributed by atoms with Crippen LogP contribution in [0.2, 0.25) is 0 Å². The van der Waals surface area contributed by atoms with Crippen LogP contribution in [0.25, 0.3) is 0 Å². The zero-order valence-corrected chi connectivity index (χ0v) is 16.3. The summed E-state index contributed by atoms with van der Waals surface area (Å²) in [6.07, 6.45) is 10.6. The lowest BCUT2D eigenvalue weighted by Gasteiger charge is -2.34. The van der Waals surface area contributed by atoms with Gasteiger partial charge in [0, 0.05) is 37.2 Å². The first-order valence-corrected chi connectivity index (χ1v) is 9.99. The van der Waals surface area contributed by atoms with Crippen molar-refractivity contribution in [2.24, 2.45) is 15.7 Å². The van der Waals surface area contributed by atoms with E-state index in [1.807, 2.05) is 0 Å². The Kier molecular flexibility index (Phi) is 7.32. The SMILES string of the molecule is C=N/C=C\C=NCN1CCC(OCC2C(N)CCc3cc(CC)nn32)CC1. The van der Waals surface area contributed by atoms with Crippen molar-refractivity contribution in [1.82, 2.24) is 14.7 Å². The summed E-state index contributed by atoms with van der Waals surface area (Å²) in [5, 5.41) is 4.75. The molecule has 0 bridgehead atoms. The van der Waals surface area contributed by atoms with Crippen molar-refractivity contribution in [3.8, 4) is 0 Å². The Labute approximate surface area is 162 Å². The van der Waals surface area contributed by atoms with Crippen LogP contribution in [0.5, 0.6) is 0 Å². The summed E-state index contributed by atoms with van der Waals surface area (Å²) >= 11 is 0. The first-order chi connectivity index (χ1) is 13.2. The van der Waals surface area contributed by atoms with Crippen molar-refractivity contribution in [2.75, 3.05) is 26.4 Å². The number of nitrogens with two attached hydrogens (primary N) is 1. The lowest BCUT2D eigenvalue weighted by Crippen LogP contribution is -2.42. The van der Waals surface area contributed by atoms with Gasteiger partial charge in [0.2, 0.25) is 0 Å². The van der Waals surface area contributed by atoms with Gasteiger partial charge >= 0.3 is 0 Å². The van der Waals surface area contributed by atoms with Gasteiger partial charge in [-0.05, 0) is 51.0 Å². The van der Waals surface area contributed by atoms with E-state index in [0.29, 0.717) is 12.7 Å². The Hall–Kier alpha value is -1.83. The monoisotopic (exact) mass is 372 g/mol. The van der Waals surface area contributed by atoms with Gasteiger partial charge in [-0.2, -0.15) is 5.10 Å². The van der Waals surface area contributed by atoms with Gasteiger partial charge in [0.05, 0.1) is 31.1 Å². The molecule has 0 radical (unpaired) electrons. The fraction of sp³-hybridized carbons (Fsp3) is 0.650. The molecule has 0 amide bonds. The van der Waals surface area contributed by atoms with E-state index in [2.05, 4.69) is 39.3 Å². The number of ether oxygens (including phenoxy) is 1. The average Bonchev–Trinajstić information content (AvgIpc) is 3.11. The molecule has 0 aromatic carbocycles. The highest BCUT2D eigenvalue weighted by molar-refractivity contribution is 5.70. The van der Waals surface area contributed by atoms with Gasteiger partial charge in [0.25, 0.3) is 0 Å². The molecule has 7 nitrogen and oxygen atoms in total. The van der Waals surface area contributed by atoms with Crippen LogP contribution in [0.15, 0.2) is 28.3 Å². The van der Waals surface area contributed by atoms with E-state index in [4.69, 9.17) is 15.6 Å². The van der Waals surface area contributed by atoms with Crippen molar-refractivity contribution in [2.45, 2.75) is 57.2 Å². The van der Waals surface area contributed by atoms with E-state index in [-0.39, 0.29) is 12.1 Å². The Morgan fingerprint density at radius 3 is 2.93 bits per heavy atom. The van der Waals surface area contributed by atoms with Crippen molar-refractivity contribution in [3.05, 3.63) is 29.7 Å². The summed E-state index contributed by atoms with van der Waals surface area (Å²) in [6, 6.07) is 2.50. The van der Waals surface area contributed by atoms with Gasteiger partial charge in [0.15, 0.2) is 0 Å². The summed E-state index contributed by atoms with van der Waals surface area (Å²) in [5.74, 6) is 0. The molecule has 27 heavy (non-hydrogen) atoms. The fourth-order valence-corrected chi connectivity index (χ4v) is 3.79. The molecule has 1 fully saturated rings. The smallest absolute Gasteiger partial charge is 0.0909 e. The molecule has 0 spiro atoms. The lowest BCUT2D eigenvalue weighted by atomic mass is 9.98. The van der Waals surface area contributed by atoms with Crippen LogP contribution in [0, 0.1) is 0 Å². The number of aliphatic imine (C=N–C) groups is 2. The molecule has 148 valence electrons. The number of allylic oxidation sites excluding steroid dienone is 1. The normalized spacial score (nSPS) is 24.7. The summed E-state index contributed by atoms with van der Waals surface area (Å²) in [7, 11) is 0. The largest absolute Gasteiger partial charge is 0.376 e. The lowest BCUT2D eigenvalue weighted by molar-refractivity contribution is -0.0142. The van der Waals surface area contributed by atoms with Crippen LogP contribution in [-0.4, -0.2) is 66.1 Å². The topological polar surface area (TPSA) is 81.0 Å². The summed E-state index contributed by atoms with van der Waals surface area (Å²) < 4.78 is 8.39. The van der Waals surface area contributed by atoms with Gasteiger partial charge in [0.1, 0.15) is 0 Å². The Balaban J connectivity index is 1.45. The number of likely N-dealkylation sites (tertiary alicyclic amines) is 1. The fourth-order valence-electron chi connectivity index (χ4n) is 3.79. The number of fused-ring (bicyclic) bond motifs is 1. The second-order valence-electron chi connectivity index (χ2n) is 7.34. The minimum Gasteiger partial charge on any atom is -0.376 e. The Morgan fingerprint density at radius 2 is 2.19 bits per heavy atom. The Morgan fingerprint density at radius 1 is 1.37 bits per heavy atom. The van der Waals surface area contributed by atoms with E-state index in [9.17, 15) is 0 Å². The van der Waals surface area contributed by atoms with Crippen molar-refractivity contribution in [1.29, 1.82) is 0 Å². The number of hydrogen-bond acceptors (Lipinski definition) is 6. The first-order valence-electron chi connectivity index (χ1n) is 9.99. The number of nitrogens with zero attached hydrogens (tertiary/aromatic N) is 5. The van der Waals surface area contributed by atoms with Gasteiger partial charge in [-0.25, -0.2) is 0 Å². The highest BCUT2D eigenvalue weighted by atomic mass is 16.5. The van der Waals surface area contributed by atoms with Crippen molar-refractivity contribution < 1.29 is 4.74 Å². The van der Waals surface area contributed by atoms with Crippen LogP contribution >= 0.6 is 0 Å². The van der Waals surface area contributed by atoms with E-state index in [1.54, 1.807) is 18.5 Å². The van der Waals surface area contributed by atoms with E-state index in [0.717, 1.165) is 57.6 Å². The van der Waals surface area contributed by atoms with Gasteiger partial charge in [-0.1, -0.05) is 6.92 Å². The van der Waals surface area contributed by atoms with E-state index < -0.39 is 0 Å². The molecule has 2 N–H and O–H groups in total. The third-order valence-corrected chi connectivity index (χ3v) is 5.47. The molecule has 7 heteroatoms. The van der Waals surface area contributed by atoms with Crippen LogP contribution in [0.1, 0.15) is 43.6 Å². The zero-order valence-electron chi connectivity index (χ0n) is 16.3. The van der Waals surface area contributed by atoms with Gasteiger partial charge < -0.3 is 10.5 Å². The summed E-state index contributed by atoms with van der Waals surface area (Å²) in [4.78, 5) is 10.4. The molecule has 2 aliphatic rings. The standard InChI is InChI=1S/C20H32N6O/c1-3-16-13-17-5-6-19(21)20(26(17)24-16)14-27-18-7-11-25(12-8-18)15-23-10-4-9-22-2/h4,9-10,13,18-20H,2-3,5-8,11-12,14-15,21H2,1H3/b9-4-,23-10?. The number of hydrogen-bond donors (Lipinski definition) is 1. The summed E-state index contributed by atoms with van der Waals surface area (Å²) in [6.45, 7) is 8.93. The second-order valence-corrected chi connectivity index (χ2v) is 7.34. The maximum Gasteiger partial charge on any atom is 0.0909 e. The Bertz CT molecular complexity index is 659. The number of aromatic nitrogens is 2. The van der Waals surface area contributed by atoms with E-state index >= 15 is 0 Å². The maximum atomic E-state index is 6.39. The van der Waals surface area contributed by atoms with E-state index in [1.165, 1.54) is 5.69 Å². The van der Waals surface area contributed by atoms with Gasteiger partial charge in [-0.15, -0.1) is 0 Å². The molecule has 3 rings (SSSR count). The molecule has 2 aliphatic heterocycles. The predicted octanol–water partition coefficient (Wildman–Crippen LogP) is 1.98. The minimum absolute atomic E-state index is 0.120. The molecule has 1 saturated heterocycles. The molecule has 1 aromatic heterocycles. The third kappa shape index (κ3) is 5.34. The van der Waals surface area contributed by atoms with Crippen LogP contribution in [0.3, 0.4) is 0 Å². The molecule has 2 unspecified atom stereocenters. The van der Waals surface area contributed by atoms with Gasteiger partial charge in [-0.3, -0.25) is 19.6 Å². The number of piperidine rings is 1. The molecule has 2 atom stereocenters. The van der Waals surface area contributed by atoms with Crippen LogP contribution < -0.4 is 5.73 Å². The minimum atomic E-state index is 0.120. The molecular formula is C20H32N6O. The number of rotatable bonds is 8. The zero-order chi connectivity index (χ0) is 19.1. The van der Waals surface area contributed by atoms with Crippen LogP contribution in [-0.2, 0) is 17.6 Å². The molecule has 0 aliphatic carbocycles. The first kappa shape index (κ1) is 19.9. The summed E-state index contributed by atoms with van der Waals surface area (Å²) in [5.41, 5.74) is 8.84. The quantitative estimate of drug-likeness (QED) is 0.708. The number of aryl methyl sites for hydroxylation is 2. The molecular weight excluding hydrogens is 340 g/mol. The van der Waals surface area contributed by atoms with Crippen molar-refractivity contribution in [3.63, 3.8) is 0 Å². The highest BCUT2D eigenvalue weighted by Crippen LogP contribution is 2.26. The molecule has 3 heterocycles. The molecule has 0 saturated carbocycles. The average molecular weight is 373 g/mol. The second kappa shape index (κ2) is 9.92. The predicted molar refractivity (Wildman–Crippen MR) is 110 cm³/mol. The highest BCUT2D eigenvalue weighted by Gasteiger charge is 2.30.